The Bertz CT molecular complexity index is 849. The molecule has 0 radical (unpaired) electrons. The minimum Gasteiger partial charge on any atom is -0.466 e. The third-order valence-electron chi connectivity index (χ3n) is 8.34. The van der Waals surface area contributed by atoms with Crippen LogP contribution in [0.4, 0.5) is 0 Å². The molecule has 1 aromatic carbocycles. The lowest BCUT2D eigenvalue weighted by Crippen LogP contribution is -2.50. The summed E-state index contributed by atoms with van der Waals surface area (Å²) < 4.78 is 30.4. The molecule has 0 bridgehead atoms. The molecular weight excluding hydrogens is 530 g/mol. The van der Waals surface area contributed by atoms with Gasteiger partial charge in [0, 0.05) is 6.04 Å². The number of hydrogen-bond donors (Lipinski definition) is 1. The highest BCUT2D eigenvalue weighted by Gasteiger charge is 2.57. The maximum Gasteiger partial charge on any atom is 0.307 e. The van der Waals surface area contributed by atoms with Gasteiger partial charge in [0.25, 0.3) is 0 Å². The molecule has 1 aromatic rings. The Morgan fingerprint density at radius 1 is 0.857 bits per heavy atom. The number of benzene rings is 1. The van der Waals surface area contributed by atoms with Crippen molar-refractivity contribution in [2.24, 2.45) is 0 Å². The van der Waals surface area contributed by atoms with E-state index in [9.17, 15) is 4.79 Å². The summed E-state index contributed by atoms with van der Waals surface area (Å²) in [5.41, 5.74) is 1.08. The van der Waals surface area contributed by atoms with E-state index in [1.807, 2.05) is 51.1 Å². The van der Waals surface area contributed by atoms with Crippen LogP contribution in [0.15, 0.2) is 30.3 Å². The molecule has 0 aliphatic carbocycles. The molecule has 0 spiro atoms. The molecule has 2 heterocycles. The number of carbonyl (C=O) groups excluding carboxylic acids is 1. The van der Waals surface area contributed by atoms with E-state index in [1.165, 1.54) is 83.5 Å². The molecule has 240 valence electrons. The number of ether oxygens (including phenoxy) is 5. The van der Waals surface area contributed by atoms with Crippen LogP contribution in [0, 0.1) is 0 Å². The molecule has 7 heteroatoms. The average molecular weight is 590 g/mol. The van der Waals surface area contributed by atoms with Crippen LogP contribution in [0.25, 0.3) is 0 Å². The Kier molecular flexibility index (Phi) is 16.4. The second kappa shape index (κ2) is 19.7. The summed E-state index contributed by atoms with van der Waals surface area (Å²) >= 11 is 0. The summed E-state index contributed by atoms with van der Waals surface area (Å²) in [7, 11) is 0. The largest absolute Gasteiger partial charge is 0.466 e. The zero-order valence-corrected chi connectivity index (χ0v) is 27.0. The van der Waals surface area contributed by atoms with E-state index in [0.29, 0.717) is 13.2 Å². The predicted molar refractivity (Wildman–Crippen MR) is 167 cm³/mol. The molecule has 0 aromatic heterocycles. The topological polar surface area (TPSA) is 75.3 Å². The van der Waals surface area contributed by atoms with Gasteiger partial charge < -0.3 is 29.0 Å². The van der Waals surface area contributed by atoms with Gasteiger partial charge in [-0.1, -0.05) is 121 Å². The van der Waals surface area contributed by atoms with Crippen LogP contribution in [0.1, 0.15) is 130 Å². The molecule has 1 unspecified atom stereocenters. The van der Waals surface area contributed by atoms with E-state index < -0.39 is 18.2 Å². The van der Waals surface area contributed by atoms with Crippen molar-refractivity contribution >= 4 is 5.97 Å². The summed E-state index contributed by atoms with van der Waals surface area (Å²) in [6.45, 7) is 9.50. The Morgan fingerprint density at radius 2 is 1.45 bits per heavy atom. The summed E-state index contributed by atoms with van der Waals surface area (Å²) in [4.78, 5) is 12.6. The maximum absolute atomic E-state index is 12.6. The predicted octanol–water partition coefficient (Wildman–Crippen LogP) is 7.84. The normalized spacial score (nSPS) is 23.6. The van der Waals surface area contributed by atoms with Gasteiger partial charge in [0.15, 0.2) is 12.1 Å². The molecule has 5 atom stereocenters. The smallest absolute Gasteiger partial charge is 0.307 e. The van der Waals surface area contributed by atoms with Gasteiger partial charge in [-0.2, -0.15) is 0 Å². The van der Waals surface area contributed by atoms with Crippen molar-refractivity contribution in [3.05, 3.63) is 35.9 Å². The first-order valence-electron chi connectivity index (χ1n) is 17.0. The van der Waals surface area contributed by atoms with E-state index in [2.05, 4.69) is 12.2 Å². The fourth-order valence-corrected chi connectivity index (χ4v) is 6.10. The minimum atomic E-state index is -0.743. The third kappa shape index (κ3) is 12.6. The van der Waals surface area contributed by atoms with Gasteiger partial charge in [0.2, 0.25) is 0 Å². The number of unbranched alkanes of at least 4 members (excludes halogenated alkanes) is 13. The quantitative estimate of drug-likeness (QED) is 0.103. The summed E-state index contributed by atoms with van der Waals surface area (Å²) in [5, 5.41) is 3.62. The average Bonchev–Trinajstić information content (AvgIpc) is 3.45. The van der Waals surface area contributed by atoms with Gasteiger partial charge in [0.1, 0.15) is 18.3 Å². The Balaban J connectivity index is 1.42. The summed E-state index contributed by atoms with van der Waals surface area (Å²) in [6, 6.07) is 9.83. The lowest BCUT2D eigenvalue weighted by atomic mass is 10.00. The van der Waals surface area contributed by atoms with Crippen molar-refractivity contribution in [3.8, 4) is 0 Å². The number of rotatable bonds is 23. The second-order valence-corrected chi connectivity index (χ2v) is 12.5. The molecule has 2 aliphatic heterocycles. The molecule has 0 amide bonds. The molecule has 2 saturated heterocycles. The van der Waals surface area contributed by atoms with Crippen molar-refractivity contribution in [2.75, 3.05) is 13.2 Å². The molecule has 3 rings (SSSR count). The first-order valence-corrected chi connectivity index (χ1v) is 17.0. The summed E-state index contributed by atoms with van der Waals surface area (Å²) in [5.74, 6) is -0.979. The molecule has 42 heavy (non-hydrogen) atoms. The first kappa shape index (κ1) is 35.0. The molecule has 7 nitrogen and oxygen atoms in total. The van der Waals surface area contributed by atoms with E-state index in [-0.39, 0.29) is 30.6 Å². The zero-order valence-electron chi connectivity index (χ0n) is 27.0. The van der Waals surface area contributed by atoms with Crippen LogP contribution in [0.3, 0.4) is 0 Å². The fraction of sp³-hybridized carbons (Fsp3) is 0.800. The highest BCUT2D eigenvalue weighted by Crippen LogP contribution is 2.40. The van der Waals surface area contributed by atoms with Gasteiger partial charge >= 0.3 is 5.97 Å². The van der Waals surface area contributed by atoms with E-state index >= 15 is 0 Å². The second-order valence-electron chi connectivity index (χ2n) is 12.5. The van der Waals surface area contributed by atoms with Crippen molar-refractivity contribution in [3.63, 3.8) is 0 Å². The molecule has 2 fully saturated rings. The van der Waals surface area contributed by atoms with Gasteiger partial charge in [-0.3, -0.25) is 4.79 Å². The first-order chi connectivity index (χ1) is 20.4. The van der Waals surface area contributed by atoms with Crippen LogP contribution in [-0.4, -0.2) is 55.6 Å². The number of hydrogen-bond acceptors (Lipinski definition) is 7. The van der Waals surface area contributed by atoms with Crippen LogP contribution >= 0.6 is 0 Å². The Morgan fingerprint density at radius 3 is 2.05 bits per heavy atom. The van der Waals surface area contributed by atoms with Gasteiger partial charge in [-0.05, 0) is 39.3 Å². The van der Waals surface area contributed by atoms with E-state index in [0.717, 1.165) is 18.5 Å². The van der Waals surface area contributed by atoms with Gasteiger partial charge in [-0.15, -0.1) is 0 Å². The highest BCUT2D eigenvalue weighted by molar-refractivity contribution is 5.70. The number of carbonyl (C=O) groups is 1. The molecule has 0 saturated carbocycles. The van der Waals surface area contributed by atoms with Crippen molar-refractivity contribution in [1.82, 2.24) is 5.32 Å². The number of esters is 1. The van der Waals surface area contributed by atoms with Crippen LogP contribution in [0.5, 0.6) is 0 Å². The number of fused-ring (bicyclic) bond motifs is 1. The molecule has 1 N–H and O–H groups in total. The Labute approximate surface area is 255 Å². The van der Waals surface area contributed by atoms with Crippen molar-refractivity contribution < 1.29 is 28.5 Å². The summed E-state index contributed by atoms with van der Waals surface area (Å²) in [6.07, 6.45) is 17.2. The Hall–Kier alpha value is -1.51. The molecular formula is C35H59NO6. The van der Waals surface area contributed by atoms with Crippen LogP contribution in [-0.2, 0) is 35.1 Å². The third-order valence-corrected chi connectivity index (χ3v) is 8.34. The van der Waals surface area contributed by atoms with Gasteiger partial charge in [-0.25, -0.2) is 0 Å². The number of nitrogens with one attached hydrogen (secondary N) is 1. The lowest BCUT2D eigenvalue weighted by molar-refractivity contribution is -0.223. The van der Waals surface area contributed by atoms with Crippen LogP contribution < -0.4 is 5.32 Å². The minimum absolute atomic E-state index is 0.213. The van der Waals surface area contributed by atoms with Gasteiger partial charge in [0.05, 0.1) is 19.6 Å². The lowest BCUT2D eigenvalue weighted by Gasteiger charge is -2.31. The zero-order chi connectivity index (χ0) is 30.0. The molecule has 2 aliphatic rings. The van der Waals surface area contributed by atoms with Crippen LogP contribution in [0.2, 0.25) is 0 Å². The van der Waals surface area contributed by atoms with Crippen molar-refractivity contribution in [2.45, 2.75) is 167 Å². The van der Waals surface area contributed by atoms with Crippen molar-refractivity contribution in [1.29, 1.82) is 0 Å². The standard InChI is InChI=1S/C35H59NO6/c1-5-7-8-9-10-11-12-13-14-15-16-17-18-22-25-36-29(26-30(37)38-6-2)31-32(39-27-28-23-20-19-21-24-28)33-34(40-31)42-35(3,4)41-33/h19-21,23-24,29,31-34,36H,5-18,22,25-27H2,1-4H3/t29?,31-,32+,33-,34-/m1/s1. The van der Waals surface area contributed by atoms with E-state index in [1.54, 1.807) is 0 Å². The van der Waals surface area contributed by atoms with E-state index in [4.69, 9.17) is 23.7 Å². The maximum atomic E-state index is 12.6. The SMILES string of the molecule is CCCCCCCCCCCCCCCCNC(CC(=O)OCC)[C@H]1O[C@@H]2OC(C)(C)O[C@@H]2[C@H]1OCc1ccccc1. The fourth-order valence-electron chi connectivity index (χ4n) is 6.10. The highest BCUT2D eigenvalue weighted by atomic mass is 16.8. The monoisotopic (exact) mass is 589 g/mol.